The van der Waals surface area contributed by atoms with E-state index in [0.717, 1.165) is 11.1 Å². The van der Waals surface area contributed by atoms with Crippen molar-refractivity contribution in [3.63, 3.8) is 0 Å². The predicted octanol–water partition coefficient (Wildman–Crippen LogP) is 1.88. The Bertz CT molecular complexity index is 538. The van der Waals surface area contributed by atoms with Gasteiger partial charge in [-0.1, -0.05) is 36.4 Å². The van der Waals surface area contributed by atoms with Gasteiger partial charge >= 0.3 is 0 Å². The Labute approximate surface area is 112 Å². The molecule has 2 rings (SSSR count). The van der Waals surface area contributed by atoms with Crippen LogP contribution in [0.3, 0.4) is 0 Å². The van der Waals surface area contributed by atoms with Gasteiger partial charge in [0.1, 0.15) is 0 Å². The van der Waals surface area contributed by atoms with Crippen molar-refractivity contribution in [1.82, 2.24) is 5.32 Å². The lowest BCUT2D eigenvalue weighted by Gasteiger charge is -2.08. The number of para-hydroxylation sites is 1. The van der Waals surface area contributed by atoms with Crippen LogP contribution in [0.2, 0.25) is 0 Å². The van der Waals surface area contributed by atoms with Crippen molar-refractivity contribution in [3.8, 4) is 11.5 Å². The molecule has 0 aliphatic heterocycles. The van der Waals surface area contributed by atoms with E-state index < -0.39 is 0 Å². The van der Waals surface area contributed by atoms with Crippen molar-refractivity contribution >= 4 is 0 Å². The SMILES string of the molecule is OCc1ccc(CNCc2cccc(O)c2O)cc1. The first-order chi connectivity index (χ1) is 9.20. The molecule has 0 bridgehead atoms. The zero-order valence-electron chi connectivity index (χ0n) is 10.5. The Hall–Kier alpha value is -2.04. The van der Waals surface area contributed by atoms with E-state index in [4.69, 9.17) is 5.11 Å². The molecule has 4 heteroatoms. The van der Waals surface area contributed by atoms with Gasteiger partial charge in [-0.3, -0.25) is 0 Å². The Morgan fingerprint density at radius 3 is 2.21 bits per heavy atom. The van der Waals surface area contributed by atoms with Crippen LogP contribution in [0.4, 0.5) is 0 Å². The van der Waals surface area contributed by atoms with Crippen LogP contribution < -0.4 is 5.32 Å². The first-order valence-corrected chi connectivity index (χ1v) is 6.10. The van der Waals surface area contributed by atoms with Crippen LogP contribution in [-0.4, -0.2) is 15.3 Å². The molecule has 0 saturated carbocycles. The van der Waals surface area contributed by atoms with Gasteiger partial charge in [-0.25, -0.2) is 0 Å². The van der Waals surface area contributed by atoms with Crippen molar-refractivity contribution < 1.29 is 15.3 Å². The summed E-state index contributed by atoms with van der Waals surface area (Å²) in [7, 11) is 0. The molecule has 0 spiro atoms. The first kappa shape index (κ1) is 13.4. The number of rotatable bonds is 5. The smallest absolute Gasteiger partial charge is 0.161 e. The van der Waals surface area contributed by atoms with E-state index in [1.807, 2.05) is 24.3 Å². The third kappa shape index (κ3) is 3.47. The molecule has 4 nitrogen and oxygen atoms in total. The van der Waals surface area contributed by atoms with Gasteiger partial charge in [-0.15, -0.1) is 0 Å². The van der Waals surface area contributed by atoms with Gasteiger partial charge in [0.15, 0.2) is 11.5 Å². The number of phenols is 2. The van der Waals surface area contributed by atoms with Crippen LogP contribution in [-0.2, 0) is 19.7 Å². The number of phenolic OH excluding ortho intramolecular Hbond substituents is 2. The van der Waals surface area contributed by atoms with E-state index in [0.29, 0.717) is 18.7 Å². The van der Waals surface area contributed by atoms with Gasteiger partial charge in [-0.2, -0.15) is 0 Å². The summed E-state index contributed by atoms with van der Waals surface area (Å²) in [4.78, 5) is 0. The van der Waals surface area contributed by atoms with Gasteiger partial charge in [0.2, 0.25) is 0 Å². The van der Waals surface area contributed by atoms with Crippen LogP contribution in [0.1, 0.15) is 16.7 Å². The Kier molecular flexibility index (Phi) is 4.39. The fourth-order valence-electron chi connectivity index (χ4n) is 1.82. The topological polar surface area (TPSA) is 72.7 Å². The van der Waals surface area contributed by atoms with Crippen LogP contribution >= 0.6 is 0 Å². The maximum Gasteiger partial charge on any atom is 0.161 e. The highest BCUT2D eigenvalue weighted by Gasteiger charge is 2.04. The summed E-state index contributed by atoms with van der Waals surface area (Å²) in [6.07, 6.45) is 0. The van der Waals surface area contributed by atoms with Crippen molar-refractivity contribution in [2.45, 2.75) is 19.7 Å². The second-order valence-corrected chi connectivity index (χ2v) is 4.36. The van der Waals surface area contributed by atoms with Gasteiger partial charge in [0.05, 0.1) is 6.61 Å². The molecule has 0 aromatic heterocycles. The number of hydrogen-bond acceptors (Lipinski definition) is 4. The molecule has 0 amide bonds. The number of nitrogens with one attached hydrogen (secondary N) is 1. The van der Waals surface area contributed by atoms with E-state index in [1.54, 1.807) is 12.1 Å². The summed E-state index contributed by atoms with van der Waals surface area (Å²) in [6.45, 7) is 1.17. The van der Waals surface area contributed by atoms with E-state index in [1.165, 1.54) is 6.07 Å². The maximum atomic E-state index is 9.65. The summed E-state index contributed by atoms with van der Waals surface area (Å²) in [5, 5.41) is 31.2. The molecular formula is C15H17NO3. The second-order valence-electron chi connectivity index (χ2n) is 4.36. The van der Waals surface area contributed by atoms with Gasteiger partial charge < -0.3 is 20.6 Å². The minimum absolute atomic E-state index is 0.0465. The molecule has 2 aromatic rings. The molecule has 2 aromatic carbocycles. The molecule has 0 aliphatic rings. The minimum Gasteiger partial charge on any atom is -0.504 e. The summed E-state index contributed by atoms with van der Waals surface area (Å²) in [5.74, 6) is -0.183. The molecule has 0 unspecified atom stereocenters. The quantitative estimate of drug-likeness (QED) is 0.619. The molecule has 0 fully saturated rings. The molecule has 0 heterocycles. The van der Waals surface area contributed by atoms with Crippen molar-refractivity contribution in [3.05, 3.63) is 59.2 Å². The third-order valence-electron chi connectivity index (χ3n) is 2.95. The molecule has 4 N–H and O–H groups in total. The molecule has 0 radical (unpaired) electrons. The maximum absolute atomic E-state index is 9.65. The fraction of sp³-hybridized carbons (Fsp3) is 0.200. The zero-order valence-corrected chi connectivity index (χ0v) is 10.5. The summed E-state index contributed by atoms with van der Waals surface area (Å²) >= 11 is 0. The van der Waals surface area contributed by atoms with Crippen LogP contribution in [0.15, 0.2) is 42.5 Å². The summed E-state index contributed by atoms with van der Waals surface area (Å²) in [5.41, 5.74) is 2.64. The molecule has 19 heavy (non-hydrogen) atoms. The van der Waals surface area contributed by atoms with E-state index >= 15 is 0 Å². The highest BCUT2D eigenvalue weighted by molar-refractivity contribution is 5.44. The van der Waals surface area contributed by atoms with Crippen molar-refractivity contribution in [1.29, 1.82) is 0 Å². The highest BCUT2D eigenvalue weighted by Crippen LogP contribution is 2.27. The normalized spacial score (nSPS) is 10.6. The molecule has 0 atom stereocenters. The standard InChI is InChI=1S/C15H17NO3/c17-10-12-6-4-11(5-7-12)8-16-9-13-2-1-3-14(18)15(13)19/h1-7,16-19H,8-10H2. The lowest BCUT2D eigenvalue weighted by atomic mass is 10.1. The van der Waals surface area contributed by atoms with E-state index in [9.17, 15) is 10.2 Å². The number of aliphatic hydroxyl groups excluding tert-OH is 1. The van der Waals surface area contributed by atoms with Gasteiger partial charge in [0.25, 0.3) is 0 Å². The minimum atomic E-state index is -0.105. The van der Waals surface area contributed by atoms with Crippen molar-refractivity contribution in [2.24, 2.45) is 0 Å². The monoisotopic (exact) mass is 259 g/mol. The van der Waals surface area contributed by atoms with Gasteiger partial charge in [0, 0.05) is 18.7 Å². The third-order valence-corrected chi connectivity index (χ3v) is 2.95. The summed E-state index contributed by atoms with van der Waals surface area (Å²) < 4.78 is 0. The Morgan fingerprint density at radius 2 is 1.53 bits per heavy atom. The first-order valence-electron chi connectivity index (χ1n) is 6.10. The summed E-state index contributed by atoms with van der Waals surface area (Å²) in [6, 6.07) is 12.6. The Morgan fingerprint density at radius 1 is 0.842 bits per heavy atom. The van der Waals surface area contributed by atoms with E-state index in [-0.39, 0.29) is 18.1 Å². The number of hydrogen-bond donors (Lipinski definition) is 4. The zero-order chi connectivity index (χ0) is 13.7. The van der Waals surface area contributed by atoms with Crippen molar-refractivity contribution in [2.75, 3.05) is 0 Å². The molecular weight excluding hydrogens is 242 g/mol. The average Bonchev–Trinajstić information content (AvgIpc) is 2.44. The Balaban J connectivity index is 1.90. The largest absolute Gasteiger partial charge is 0.504 e. The number of benzene rings is 2. The number of aliphatic hydroxyl groups is 1. The van der Waals surface area contributed by atoms with Crippen LogP contribution in [0, 0.1) is 0 Å². The average molecular weight is 259 g/mol. The molecule has 100 valence electrons. The second kappa shape index (κ2) is 6.22. The fourth-order valence-corrected chi connectivity index (χ4v) is 1.82. The molecule has 0 saturated heterocycles. The molecule has 0 aliphatic carbocycles. The van der Waals surface area contributed by atoms with Crippen LogP contribution in [0.5, 0.6) is 11.5 Å². The lowest BCUT2D eigenvalue weighted by molar-refractivity contribution is 0.282. The lowest BCUT2D eigenvalue weighted by Crippen LogP contribution is -2.12. The van der Waals surface area contributed by atoms with E-state index in [2.05, 4.69) is 5.32 Å². The van der Waals surface area contributed by atoms with Gasteiger partial charge in [-0.05, 0) is 17.2 Å². The predicted molar refractivity (Wildman–Crippen MR) is 72.7 cm³/mol. The highest BCUT2D eigenvalue weighted by atomic mass is 16.3. The number of aromatic hydroxyl groups is 2. The van der Waals surface area contributed by atoms with Crippen LogP contribution in [0.25, 0.3) is 0 Å².